The summed E-state index contributed by atoms with van der Waals surface area (Å²) in [6, 6.07) is 16.2. The molecule has 2 aromatic carbocycles. The van der Waals surface area contributed by atoms with Gasteiger partial charge in [0, 0.05) is 42.5 Å². The van der Waals surface area contributed by atoms with Gasteiger partial charge in [0.15, 0.2) is 0 Å². The molecule has 0 aliphatic rings. The van der Waals surface area contributed by atoms with Crippen LogP contribution in [0.1, 0.15) is 23.5 Å². The smallest absolute Gasteiger partial charge is 0.221 e. The van der Waals surface area contributed by atoms with E-state index in [1.165, 1.54) is 0 Å². The number of para-hydroxylation sites is 1. The second-order valence-electron chi connectivity index (χ2n) is 5.96. The zero-order valence-electron chi connectivity index (χ0n) is 14.7. The molecule has 0 saturated heterocycles. The molecule has 5 nitrogen and oxygen atoms in total. The van der Waals surface area contributed by atoms with Crippen LogP contribution in [0.15, 0.2) is 54.7 Å². The Morgan fingerprint density at radius 1 is 1.19 bits per heavy atom. The summed E-state index contributed by atoms with van der Waals surface area (Å²) in [5.41, 5.74) is 8.84. The Labute approximate surface area is 159 Å². The standard InChI is InChI=1S/C20H23N3O2.ClH/c1-25-15-8-6-14(7-9-15)17(12-23-20(24)10-11-21)18-13-22-19-5-3-2-4-16(18)19;/h2-9,13,17,22H,10-12,21H2,1H3,(H,23,24);1H. The van der Waals surface area contributed by atoms with Gasteiger partial charge in [0.2, 0.25) is 5.91 Å². The van der Waals surface area contributed by atoms with Crippen LogP contribution in [0.3, 0.4) is 0 Å². The number of H-pyrrole nitrogens is 1. The molecule has 3 aromatic rings. The first kappa shape index (κ1) is 19.8. The number of aromatic amines is 1. The number of carbonyl (C=O) groups is 1. The molecule has 0 aliphatic heterocycles. The molecule has 1 atom stereocenters. The van der Waals surface area contributed by atoms with Crippen LogP contribution in [-0.4, -0.2) is 31.1 Å². The van der Waals surface area contributed by atoms with E-state index in [1.54, 1.807) is 7.11 Å². The molecular formula is C20H24ClN3O2. The number of benzene rings is 2. The molecule has 0 saturated carbocycles. The van der Waals surface area contributed by atoms with Crippen molar-refractivity contribution < 1.29 is 9.53 Å². The van der Waals surface area contributed by atoms with E-state index >= 15 is 0 Å². The Morgan fingerprint density at radius 3 is 2.62 bits per heavy atom. The lowest BCUT2D eigenvalue weighted by Crippen LogP contribution is -2.30. The Kier molecular flexibility index (Phi) is 7.06. The Morgan fingerprint density at radius 2 is 1.92 bits per heavy atom. The van der Waals surface area contributed by atoms with E-state index in [0.717, 1.165) is 27.8 Å². The van der Waals surface area contributed by atoms with Crippen molar-refractivity contribution in [2.24, 2.45) is 5.73 Å². The lowest BCUT2D eigenvalue weighted by Gasteiger charge is -2.18. The normalized spacial score (nSPS) is 11.6. The fourth-order valence-electron chi connectivity index (χ4n) is 3.06. The molecule has 0 radical (unpaired) electrons. The van der Waals surface area contributed by atoms with Gasteiger partial charge >= 0.3 is 0 Å². The first-order valence-corrected chi connectivity index (χ1v) is 8.39. The van der Waals surface area contributed by atoms with Gasteiger partial charge in [-0.15, -0.1) is 12.4 Å². The van der Waals surface area contributed by atoms with Gasteiger partial charge < -0.3 is 20.8 Å². The fraction of sp³-hybridized carbons (Fsp3) is 0.250. The summed E-state index contributed by atoms with van der Waals surface area (Å²) >= 11 is 0. The number of nitrogens with two attached hydrogens (primary N) is 1. The third kappa shape index (κ3) is 4.36. The van der Waals surface area contributed by atoms with E-state index in [0.29, 0.717) is 19.5 Å². The maximum absolute atomic E-state index is 11.9. The van der Waals surface area contributed by atoms with Crippen LogP contribution in [0.5, 0.6) is 5.75 Å². The minimum absolute atomic E-state index is 0. The first-order chi connectivity index (χ1) is 12.2. The molecule has 138 valence electrons. The molecule has 0 bridgehead atoms. The number of methoxy groups -OCH3 is 1. The van der Waals surface area contributed by atoms with Crippen LogP contribution in [0, 0.1) is 0 Å². The van der Waals surface area contributed by atoms with Crippen molar-refractivity contribution in [2.75, 3.05) is 20.2 Å². The number of hydrogen-bond donors (Lipinski definition) is 3. The molecule has 0 spiro atoms. The minimum atomic E-state index is -0.0270. The Bertz CT molecular complexity index is 846. The van der Waals surface area contributed by atoms with E-state index in [4.69, 9.17) is 10.5 Å². The number of amides is 1. The molecule has 1 heterocycles. The number of aromatic nitrogens is 1. The number of rotatable bonds is 7. The van der Waals surface area contributed by atoms with Crippen LogP contribution in [0.4, 0.5) is 0 Å². The molecule has 1 aromatic heterocycles. The number of halogens is 1. The third-order valence-electron chi connectivity index (χ3n) is 4.39. The first-order valence-electron chi connectivity index (χ1n) is 8.39. The quantitative estimate of drug-likeness (QED) is 0.595. The molecule has 0 fully saturated rings. The van der Waals surface area contributed by atoms with E-state index < -0.39 is 0 Å². The fourth-order valence-corrected chi connectivity index (χ4v) is 3.06. The third-order valence-corrected chi connectivity index (χ3v) is 4.39. The number of ether oxygens (including phenoxy) is 1. The summed E-state index contributed by atoms with van der Waals surface area (Å²) < 4.78 is 5.25. The summed E-state index contributed by atoms with van der Waals surface area (Å²) in [6.45, 7) is 0.874. The van der Waals surface area contributed by atoms with Crippen LogP contribution in [0.2, 0.25) is 0 Å². The zero-order chi connectivity index (χ0) is 17.6. The molecule has 4 N–H and O–H groups in total. The number of hydrogen-bond acceptors (Lipinski definition) is 3. The predicted octanol–water partition coefficient (Wildman–Crippen LogP) is 3.20. The average Bonchev–Trinajstić information content (AvgIpc) is 3.07. The van der Waals surface area contributed by atoms with Crippen LogP contribution < -0.4 is 15.8 Å². The Balaban J connectivity index is 0.00000243. The van der Waals surface area contributed by atoms with E-state index in [-0.39, 0.29) is 24.2 Å². The molecule has 6 heteroatoms. The van der Waals surface area contributed by atoms with Gasteiger partial charge in [0.25, 0.3) is 0 Å². The lowest BCUT2D eigenvalue weighted by atomic mass is 9.90. The molecular weight excluding hydrogens is 350 g/mol. The SMILES string of the molecule is COc1ccc(C(CNC(=O)CCN)c2c[nH]c3ccccc23)cc1.Cl. The van der Waals surface area contributed by atoms with Crippen molar-refractivity contribution in [1.29, 1.82) is 0 Å². The maximum Gasteiger partial charge on any atom is 0.221 e. The van der Waals surface area contributed by atoms with Crippen molar-refractivity contribution in [3.63, 3.8) is 0 Å². The maximum atomic E-state index is 11.9. The molecule has 3 rings (SSSR count). The summed E-state index contributed by atoms with van der Waals surface area (Å²) in [6.07, 6.45) is 2.36. The van der Waals surface area contributed by atoms with Crippen molar-refractivity contribution in [1.82, 2.24) is 10.3 Å². The highest BCUT2D eigenvalue weighted by Gasteiger charge is 2.19. The van der Waals surface area contributed by atoms with Gasteiger partial charge in [-0.3, -0.25) is 4.79 Å². The molecule has 1 unspecified atom stereocenters. The summed E-state index contributed by atoms with van der Waals surface area (Å²) in [5.74, 6) is 0.832. The van der Waals surface area contributed by atoms with Crippen molar-refractivity contribution >= 4 is 29.2 Å². The molecule has 0 aliphatic carbocycles. The van der Waals surface area contributed by atoms with Crippen LogP contribution in [0.25, 0.3) is 10.9 Å². The number of fused-ring (bicyclic) bond motifs is 1. The van der Waals surface area contributed by atoms with Gasteiger partial charge in [-0.05, 0) is 29.3 Å². The second-order valence-corrected chi connectivity index (χ2v) is 5.96. The summed E-state index contributed by atoms with van der Waals surface area (Å²) in [5, 5.41) is 4.16. The monoisotopic (exact) mass is 373 g/mol. The second kappa shape index (κ2) is 9.27. The highest BCUT2D eigenvalue weighted by Crippen LogP contribution is 2.31. The van der Waals surface area contributed by atoms with Gasteiger partial charge in [-0.2, -0.15) is 0 Å². The largest absolute Gasteiger partial charge is 0.497 e. The minimum Gasteiger partial charge on any atom is -0.497 e. The van der Waals surface area contributed by atoms with Crippen LogP contribution >= 0.6 is 12.4 Å². The van der Waals surface area contributed by atoms with Crippen molar-refractivity contribution in [2.45, 2.75) is 12.3 Å². The van der Waals surface area contributed by atoms with Gasteiger partial charge in [0.05, 0.1) is 7.11 Å². The van der Waals surface area contributed by atoms with Crippen molar-refractivity contribution in [3.8, 4) is 5.75 Å². The van der Waals surface area contributed by atoms with Gasteiger partial charge in [-0.25, -0.2) is 0 Å². The number of nitrogens with one attached hydrogen (secondary N) is 2. The lowest BCUT2D eigenvalue weighted by molar-refractivity contribution is -0.120. The predicted molar refractivity (Wildman–Crippen MR) is 107 cm³/mol. The average molecular weight is 374 g/mol. The zero-order valence-corrected chi connectivity index (χ0v) is 15.5. The highest BCUT2D eigenvalue weighted by atomic mass is 35.5. The van der Waals surface area contributed by atoms with E-state index in [1.807, 2.05) is 42.6 Å². The highest BCUT2D eigenvalue weighted by molar-refractivity contribution is 5.85. The number of carbonyl (C=O) groups excluding carboxylic acids is 1. The Hall–Kier alpha value is -2.50. The van der Waals surface area contributed by atoms with Crippen molar-refractivity contribution in [3.05, 3.63) is 65.9 Å². The van der Waals surface area contributed by atoms with Crippen LogP contribution in [-0.2, 0) is 4.79 Å². The molecule has 1 amide bonds. The van der Waals surface area contributed by atoms with E-state index in [2.05, 4.69) is 22.4 Å². The summed E-state index contributed by atoms with van der Waals surface area (Å²) in [4.78, 5) is 15.2. The van der Waals surface area contributed by atoms with E-state index in [9.17, 15) is 4.79 Å². The van der Waals surface area contributed by atoms with Gasteiger partial charge in [0.1, 0.15) is 5.75 Å². The summed E-state index contributed by atoms with van der Waals surface area (Å²) in [7, 11) is 1.65. The topological polar surface area (TPSA) is 80.1 Å². The molecule has 26 heavy (non-hydrogen) atoms. The van der Waals surface area contributed by atoms with Gasteiger partial charge in [-0.1, -0.05) is 30.3 Å².